The number of aromatic nitrogens is 4. The van der Waals surface area contributed by atoms with E-state index in [9.17, 15) is 8.42 Å². The molecule has 0 unspecified atom stereocenters. The number of H-pyrrole nitrogens is 1. The van der Waals surface area contributed by atoms with Gasteiger partial charge in [0, 0.05) is 36.8 Å². The lowest BCUT2D eigenvalue weighted by molar-refractivity contribution is 0.122. The molecule has 1 aliphatic heterocycles. The lowest BCUT2D eigenvalue weighted by atomic mass is 10.2. The molecular weight excluding hydrogens is 406 g/mol. The summed E-state index contributed by atoms with van der Waals surface area (Å²) in [7, 11) is -3.53. The molecule has 0 spiro atoms. The molecule has 0 amide bonds. The molecule has 0 aliphatic carbocycles. The molecule has 10 nitrogen and oxygen atoms in total. The van der Waals surface area contributed by atoms with Gasteiger partial charge < -0.3 is 20.3 Å². The summed E-state index contributed by atoms with van der Waals surface area (Å²) in [5.74, 6) is 0.755. The number of aromatic amines is 1. The maximum atomic E-state index is 12.1. The van der Waals surface area contributed by atoms with Crippen molar-refractivity contribution < 1.29 is 13.2 Å². The highest BCUT2D eigenvalue weighted by molar-refractivity contribution is 7.90. The average molecular weight is 432 g/mol. The number of sulfone groups is 1. The number of nitrogens with zero attached hydrogens (tertiary/aromatic N) is 4. The molecule has 3 heterocycles. The van der Waals surface area contributed by atoms with Crippen molar-refractivity contribution in [3.63, 3.8) is 0 Å². The van der Waals surface area contributed by atoms with Crippen molar-refractivity contribution >= 4 is 44.0 Å². The van der Waals surface area contributed by atoms with Crippen LogP contribution in [0.2, 0.25) is 0 Å². The molecular formula is C19H25N7O3S. The molecule has 2 aromatic heterocycles. The molecule has 4 rings (SSSR count). The minimum absolute atomic E-state index is 0.0473. The van der Waals surface area contributed by atoms with E-state index in [-0.39, 0.29) is 11.1 Å². The fourth-order valence-corrected chi connectivity index (χ4v) is 4.09. The summed E-state index contributed by atoms with van der Waals surface area (Å²) in [5, 5.41) is 13.3. The van der Waals surface area contributed by atoms with Crippen LogP contribution in [-0.4, -0.2) is 67.2 Å². The number of hydrogen-bond acceptors (Lipinski definition) is 9. The zero-order valence-electron chi connectivity index (χ0n) is 17.1. The van der Waals surface area contributed by atoms with Crippen LogP contribution in [0.25, 0.3) is 11.0 Å². The number of anilines is 4. The van der Waals surface area contributed by atoms with Crippen LogP contribution in [0.5, 0.6) is 0 Å². The Labute approximate surface area is 175 Å². The maximum Gasteiger partial charge on any atom is 0.231 e. The topological polar surface area (TPSA) is 125 Å². The first-order valence-electron chi connectivity index (χ1n) is 9.74. The normalized spacial score (nSPS) is 15.0. The fraction of sp³-hybridized carbons (Fsp3) is 0.421. The van der Waals surface area contributed by atoms with Gasteiger partial charge in [0.2, 0.25) is 5.95 Å². The monoisotopic (exact) mass is 431 g/mol. The van der Waals surface area contributed by atoms with E-state index in [4.69, 9.17) is 4.74 Å². The Hall–Kier alpha value is -2.92. The molecule has 30 heavy (non-hydrogen) atoms. The highest BCUT2D eigenvalue weighted by Gasteiger charge is 2.22. The van der Waals surface area contributed by atoms with Crippen LogP contribution in [0, 0.1) is 0 Å². The van der Waals surface area contributed by atoms with E-state index in [2.05, 4.69) is 35.7 Å². The Bertz CT molecular complexity index is 1140. The lowest BCUT2D eigenvalue weighted by Crippen LogP contribution is -2.36. The van der Waals surface area contributed by atoms with Crippen LogP contribution >= 0.6 is 0 Å². The summed E-state index contributed by atoms with van der Waals surface area (Å²) in [5.41, 5.74) is 2.31. The predicted octanol–water partition coefficient (Wildman–Crippen LogP) is 2.16. The fourth-order valence-electron chi connectivity index (χ4n) is 3.31. The summed E-state index contributed by atoms with van der Waals surface area (Å²) in [6.07, 6.45) is 1.12. The summed E-state index contributed by atoms with van der Waals surface area (Å²) < 4.78 is 29.6. The Balaban J connectivity index is 1.64. The van der Waals surface area contributed by atoms with Crippen LogP contribution in [0.4, 0.5) is 23.1 Å². The molecule has 3 N–H and O–H groups in total. The van der Waals surface area contributed by atoms with E-state index < -0.39 is 9.84 Å². The molecule has 1 fully saturated rings. The minimum Gasteiger partial charge on any atom is -0.378 e. The van der Waals surface area contributed by atoms with E-state index in [1.807, 2.05) is 38.1 Å². The summed E-state index contributed by atoms with van der Waals surface area (Å²) in [6, 6.07) is 8.05. The molecule has 1 aromatic carbocycles. The molecule has 0 bridgehead atoms. The molecule has 1 aliphatic rings. The Morgan fingerprint density at radius 3 is 2.47 bits per heavy atom. The van der Waals surface area contributed by atoms with Gasteiger partial charge in [-0.25, -0.2) is 8.42 Å². The van der Waals surface area contributed by atoms with Crippen molar-refractivity contribution in [2.24, 2.45) is 0 Å². The Morgan fingerprint density at radius 2 is 1.83 bits per heavy atom. The van der Waals surface area contributed by atoms with Gasteiger partial charge in [0.15, 0.2) is 20.5 Å². The number of rotatable bonds is 6. The second kappa shape index (κ2) is 8.07. The summed E-state index contributed by atoms with van der Waals surface area (Å²) in [6.45, 7) is 7.12. The second-order valence-electron chi connectivity index (χ2n) is 7.49. The zero-order chi connectivity index (χ0) is 21.3. The largest absolute Gasteiger partial charge is 0.378 e. The van der Waals surface area contributed by atoms with Crippen molar-refractivity contribution in [2.75, 3.05) is 48.1 Å². The number of benzene rings is 1. The van der Waals surface area contributed by atoms with Crippen molar-refractivity contribution in [2.45, 2.75) is 24.9 Å². The first kappa shape index (κ1) is 20.4. The smallest absolute Gasteiger partial charge is 0.231 e. The predicted molar refractivity (Wildman–Crippen MR) is 116 cm³/mol. The van der Waals surface area contributed by atoms with Crippen LogP contribution in [-0.2, 0) is 14.6 Å². The SMILES string of the molecule is CC(C)Nc1nc(Nc2ccc(N3CCOCC3)cc2)nc2[nH]nc(S(C)(=O)=O)c12. The van der Waals surface area contributed by atoms with Crippen molar-refractivity contribution in [1.82, 2.24) is 20.2 Å². The van der Waals surface area contributed by atoms with Crippen LogP contribution < -0.4 is 15.5 Å². The first-order valence-corrected chi connectivity index (χ1v) is 11.6. The molecule has 11 heteroatoms. The van der Waals surface area contributed by atoms with Gasteiger partial charge in [0.25, 0.3) is 0 Å². The highest BCUT2D eigenvalue weighted by atomic mass is 32.2. The number of fused-ring (bicyclic) bond motifs is 1. The molecule has 1 saturated heterocycles. The Kier molecular flexibility index (Phi) is 5.48. The van der Waals surface area contributed by atoms with Crippen molar-refractivity contribution in [3.8, 4) is 0 Å². The van der Waals surface area contributed by atoms with Gasteiger partial charge in [-0.2, -0.15) is 15.1 Å². The van der Waals surface area contributed by atoms with Crippen molar-refractivity contribution in [1.29, 1.82) is 0 Å². The average Bonchev–Trinajstić information content (AvgIpc) is 3.14. The van der Waals surface area contributed by atoms with Gasteiger partial charge in [-0.15, -0.1) is 0 Å². The third-order valence-corrected chi connectivity index (χ3v) is 5.66. The molecule has 0 saturated carbocycles. The van der Waals surface area contributed by atoms with Gasteiger partial charge >= 0.3 is 0 Å². The van der Waals surface area contributed by atoms with E-state index in [1.165, 1.54) is 0 Å². The minimum atomic E-state index is -3.53. The van der Waals surface area contributed by atoms with Crippen molar-refractivity contribution in [3.05, 3.63) is 24.3 Å². The van der Waals surface area contributed by atoms with Gasteiger partial charge in [-0.1, -0.05) is 0 Å². The van der Waals surface area contributed by atoms with Gasteiger partial charge in [0.1, 0.15) is 11.2 Å². The highest BCUT2D eigenvalue weighted by Crippen LogP contribution is 2.29. The van der Waals surface area contributed by atoms with Crippen LogP contribution in [0.15, 0.2) is 29.3 Å². The van der Waals surface area contributed by atoms with Crippen LogP contribution in [0.1, 0.15) is 13.8 Å². The number of ether oxygens (including phenoxy) is 1. The quantitative estimate of drug-likeness (QED) is 0.538. The molecule has 3 aromatic rings. The first-order chi connectivity index (χ1) is 14.3. The maximum absolute atomic E-state index is 12.1. The van der Waals surface area contributed by atoms with E-state index >= 15 is 0 Å². The third-order valence-electron chi connectivity index (χ3n) is 4.66. The number of hydrogen-bond donors (Lipinski definition) is 3. The zero-order valence-corrected chi connectivity index (χ0v) is 18.0. The van der Waals surface area contributed by atoms with Gasteiger partial charge in [-0.05, 0) is 38.1 Å². The lowest BCUT2D eigenvalue weighted by Gasteiger charge is -2.28. The van der Waals surface area contributed by atoms with Gasteiger partial charge in [0.05, 0.1) is 13.2 Å². The number of nitrogens with one attached hydrogen (secondary N) is 3. The van der Waals surface area contributed by atoms with E-state index in [1.54, 1.807) is 0 Å². The summed E-state index contributed by atoms with van der Waals surface area (Å²) >= 11 is 0. The standard InChI is InChI=1S/C19H25N7O3S/c1-12(2)20-16-15-17(24-25-18(15)30(3,27)28)23-19(22-16)21-13-4-6-14(7-5-13)26-8-10-29-11-9-26/h4-7,12H,8-11H2,1-3H3,(H3,20,21,22,23,24,25). The van der Waals surface area contributed by atoms with E-state index in [0.717, 1.165) is 43.9 Å². The van der Waals surface area contributed by atoms with Crippen LogP contribution in [0.3, 0.4) is 0 Å². The van der Waals surface area contributed by atoms with E-state index in [0.29, 0.717) is 22.8 Å². The molecule has 160 valence electrons. The molecule has 0 radical (unpaired) electrons. The second-order valence-corrected chi connectivity index (χ2v) is 9.42. The summed E-state index contributed by atoms with van der Waals surface area (Å²) in [4.78, 5) is 11.2. The molecule has 0 atom stereocenters. The Morgan fingerprint density at radius 1 is 1.13 bits per heavy atom. The van der Waals surface area contributed by atoms with Gasteiger partial charge in [-0.3, -0.25) is 5.10 Å². The third kappa shape index (κ3) is 4.31. The number of morpholine rings is 1.